The summed E-state index contributed by atoms with van der Waals surface area (Å²) in [5.41, 5.74) is 1.55. The molecule has 0 radical (unpaired) electrons. The van der Waals surface area contributed by atoms with Gasteiger partial charge in [-0.15, -0.1) is 0 Å². The highest BCUT2D eigenvalue weighted by molar-refractivity contribution is 5.92. The highest BCUT2D eigenvalue weighted by Crippen LogP contribution is 2.32. The molecule has 0 aliphatic carbocycles. The van der Waals surface area contributed by atoms with Gasteiger partial charge in [-0.05, 0) is 30.2 Å². The third-order valence-electron chi connectivity index (χ3n) is 3.27. The van der Waals surface area contributed by atoms with Gasteiger partial charge in [0.1, 0.15) is 5.69 Å². The molecule has 0 bridgehead atoms. The number of ether oxygens (including phenoxy) is 2. The van der Waals surface area contributed by atoms with Gasteiger partial charge in [0.2, 0.25) is 6.79 Å². The Balaban J connectivity index is 1.64. The number of amides is 1. The molecule has 2 heterocycles. The van der Waals surface area contributed by atoms with Gasteiger partial charge in [-0.25, -0.2) is 0 Å². The maximum atomic E-state index is 12.2. The molecule has 0 spiro atoms. The summed E-state index contributed by atoms with van der Waals surface area (Å²) in [6, 6.07) is 7.37. The number of carbonyl (C=O) groups excluding carboxylic acids is 1. The molecule has 21 heavy (non-hydrogen) atoms. The summed E-state index contributed by atoms with van der Waals surface area (Å²) < 4.78 is 12.3. The van der Waals surface area contributed by atoms with E-state index < -0.39 is 0 Å². The van der Waals surface area contributed by atoms with Crippen LogP contribution in [0.5, 0.6) is 11.5 Å². The number of hydrogen-bond donors (Lipinski definition) is 1. The van der Waals surface area contributed by atoms with Crippen LogP contribution in [-0.4, -0.2) is 22.5 Å². The highest BCUT2D eigenvalue weighted by Gasteiger charge is 2.14. The normalized spacial score (nSPS) is 12.4. The molecule has 0 fully saturated rings. The molecule has 1 amide bonds. The zero-order valence-electron chi connectivity index (χ0n) is 11.8. The average molecular weight is 287 g/mol. The van der Waals surface area contributed by atoms with E-state index in [4.69, 9.17) is 9.47 Å². The van der Waals surface area contributed by atoms with Crippen LogP contribution < -0.4 is 14.8 Å². The van der Waals surface area contributed by atoms with E-state index in [1.807, 2.05) is 18.2 Å². The summed E-state index contributed by atoms with van der Waals surface area (Å²) in [4.78, 5) is 12.2. The van der Waals surface area contributed by atoms with Gasteiger partial charge in [0.05, 0.1) is 0 Å². The van der Waals surface area contributed by atoms with E-state index >= 15 is 0 Å². The summed E-state index contributed by atoms with van der Waals surface area (Å²) in [7, 11) is 0. The lowest BCUT2D eigenvalue weighted by Gasteiger charge is -2.08. The molecule has 0 saturated heterocycles. The lowest BCUT2D eigenvalue weighted by Crippen LogP contribution is -2.25. The second-order valence-electron chi connectivity index (χ2n) is 4.81. The molecule has 1 aromatic heterocycles. The SMILES string of the molecule is CCCn1nccc1C(=O)NCc1ccc2c(c1)OCO2. The number of fused-ring (bicyclic) bond motifs is 1. The summed E-state index contributed by atoms with van der Waals surface area (Å²) in [5.74, 6) is 1.34. The second-order valence-corrected chi connectivity index (χ2v) is 4.81. The van der Waals surface area contributed by atoms with Crippen LogP contribution in [0.2, 0.25) is 0 Å². The molecule has 6 heteroatoms. The van der Waals surface area contributed by atoms with E-state index in [1.165, 1.54) is 0 Å². The van der Waals surface area contributed by atoms with Gasteiger partial charge in [0, 0.05) is 19.3 Å². The Morgan fingerprint density at radius 1 is 1.33 bits per heavy atom. The first-order valence-electron chi connectivity index (χ1n) is 6.96. The maximum absolute atomic E-state index is 12.2. The van der Waals surface area contributed by atoms with Crippen LogP contribution >= 0.6 is 0 Å². The van der Waals surface area contributed by atoms with Crippen molar-refractivity contribution in [2.75, 3.05) is 6.79 Å². The van der Waals surface area contributed by atoms with Gasteiger partial charge in [-0.3, -0.25) is 9.48 Å². The predicted molar refractivity (Wildman–Crippen MR) is 76.3 cm³/mol. The molecular weight excluding hydrogens is 270 g/mol. The average Bonchev–Trinajstić information content (AvgIpc) is 3.13. The summed E-state index contributed by atoms with van der Waals surface area (Å²) in [6.07, 6.45) is 2.58. The maximum Gasteiger partial charge on any atom is 0.269 e. The Labute approximate surface area is 122 Å². The highest BCUT2D eigenvalue weighted by atomic mass is 16.7. The van der Waals surface area contributed by atoms with Crippen molar-refractivity contribution in [1.82, 2.24) is 15.1 Å². The minimum Gasteiger partial charge on any atom is -0.454 e. The van der Waals surface area contributed by atoms with Crippen molar-refractivity contribution >= 4 is 5.91 Å². The molecular formula is C15H17N3O3. The third-order valence-corrected chi connectivity index (χ3v) is 3.27. The van der Waals surface area contributed by atoms with Crippen LogP contribution in [0.4, 0.5) is 0 Å². The fourth-order valence-corrected chi connectivity index (χ4v) is 2.24. The van der Waals surface area contributed by atoms with Crippen LogP contribution in [0.3, 0.4) is 0 Å². The number of benzene rings is 1. The zero-order valence-corrected chi connectivity index (χ0v) is 11.8. The molecule has 1 aliphatic heterocycles. The van der Waals surface area contributed by atoms with Gasteiger partial charge < -0.3 is 14.8 Å². The number of hydrogen-bond acceptors (Lipinski definition) is 4. The number of aryl methyl sites for hydroxylation is 1. The predicted octanol–water partition coefficient (Wildman–Crippen LogP) is 1.95. The summed E-state index contributed by atoms with van der Waals surface area (Å²) in [6.45, 7) is 3.48. The molecule has 110 valence electrons. The minimum atomic E-state index is -0.126. The van der Waals surface area contributed by atoms with Crippen molar-refractivity contribution in [3.05, 3.63) is 41.7 Å². The number of nitrogens with one attached hydrogen (secondary N) is 1. The molecule has 0 saturated carbocycles. The molecule has 0 unspecified atom stereocenters. The van der Waals surface area contributed by atoms with E-state index in [-0.39, 0.29) is 12.7 Å². The Morgan fingerprint density at radius 2 is 2.19 bits per heavy atom. The van der Waals surface area contributed by atoms with Crippen LogP contribution in [0.1, 0.15) is 29.4 Å². The molecule has 0 atom stereocenters. The Morgan fingerprint density at radius 3 is 3.05 bits per heavy atom. The van der Waals surface area contributed by atoms with Crippen molar-refractivity contribution < 1.29 is 14.3 Å². The summed E-state index contributed by atoms with van der Waals surface area (Å²) in [5, 5.41) is 7.04. The number of nitrogens with zero attached hydrogens (tertiary/aromatic N) is 2. The van der Waals surface area contributed by atoms with Gasteiger partial charge in [0.15, 0.2) is 11.5 Å². The number of rotatable bonds is 5. The lowest BCUT2D eigenvalue weighted by atomic mass is 10.2. The first kappa shape index (κ1) is 13.5. The topological polar surface area (TPSA) is 65.4 Å². The van der Waals surface area contributed by atoms with Crippen LogP contribution in [0.25, 0.3) is 0 Å². The Hall–Kier alpha value is -2.50. The fourth-order valence-electron chi connectivity index (χ4n) is 2.24. The molecule has 3 rings (SSSR count). The third kappa shape index (κ3) is 2.84. The van der Waals surface area contributed by atoms with E-state index in [2.05, 4.69) is 17.3 Å². The van der Waals surface area contributed by atoms with E-state index in [0.29, 0.717) is 12.2 Å². The monoisotopic (exact) mass is 287 g/mol. The second kappa shape index (κ2) is 5.87. The standard InChI is InChI=1S/C15H17N3O3/c1-2-7-18-12(5-6-17-18)15(19)16-9-11-3-4-13-14(8-11)21-10-20-13/h3-6,8H,2,7,9-10H2,1H3,(H,16,19). The number of aromatic nitrogens is 2. The van der Waals surface area contributed by atoms with Gasteiger partial charge in [-0.1, -0.05) is 13.0 Å². The van der Waals surface area contributed by atoms with Crippen LogP contribution in [0.15, 0.2) is 30.5 Å². The van der Waals surface area contributed by atoms with E-state index in [9.17, 15) is 4.79 Å². The van der Waals surface area contributed by atoms with Crippen LogP contribution in [-0.2, 0) is 13.1 Å². The van der Waals surface area contributed by atoms with Gasteiger partial charge in [-0.2, -0.15) is 5.10 Å². The number of carbonyl (C=O) groups is 1. The van der Waals surface area contributed by atoms with Crippen molar-refractivity contribution in [3.8, 4) is 11.5 Å². The van der Waals surface area contributed by atoms with E-state index in [1.54, 1.807) is 16.9 Å². The molecule has 1 aromatic carbocycles. The Bertz CT molecular complexity index is 651. The van der Waals surface area contributed by atoms with Crippen molar-refractivity contribution in [2.45, 2.75) is 26.4 Å². The first-order chi connectivity index (χ1) is 10.3. The van der Waals surface area contributed by atoms with E-state index in [0.717, 1.165) is 30.0 Å². The lowest BCUT2D eigenvalue weighted by molar-refractivity contribution is 0.0940. The molecule has 2 aromatic rings. The van der Waals surface area contributed by atoms with Crippen LogP contribution in [0, 0.1) is 0 Å². The van der Waals surface area contributed by atoms with Crippen molar-refractivity contribution in [1.29, 1.82) is 0 Å². The van der Waals surface area contributed by atoms with Crippen molar-refractivity contribution in [2.24, 2.45) is 0 Å². The summed E-state index contributed by atoms with van der Waals surface area (Å²) >= 11 is 0. The quantitative estimate of drug-likeness (QED) is 0.913. The molecule has 6 nitrogen and oxygen atoms in total. The smallest absolute Gasteiger partial charge is 0.269 e. The first-order valence-corrected chi connectivity index (χ1v) is 6.96. The minimum absolute atomic E-state index is 0.126. The Kier molecular flexibility index (Phi) is 3.77. The molecule has 1 aliphatic rings. The van der Waals surface area contributed by atoms with Gasteiger partial charge >= 0.3 is 0 Å². The van der Waals surface area contributed by atoms with Gasteiger partial charge in [0.25, 0.3) is 5.91 Å². The fraction of sp³-hybridized carbons (Fsp3) is 0.333. The molecule has 1 N–H and O–H groups in total. The zero-order chi connectivity index (χ0) is 14.7. The van der Waals surface area contributed by atoms with Crippen molar-refractivity contribution in [3.63, 3.8) is 0 Å². The largest absolute Gasteiger partial charge is 0.454 e.